The lowest BCUT2D eigenvalue weighted by atomic mass is 10.0. The van der Waals surface area contributed by atoms with Crippen LogP contribution >= 0.6 is 7.82 Å². The van der Waals surface area contributed by atoms with E-state index in [-0.39, 0.29) is 19.8 Å². The number of hydrogen-bond donors (Lipinski definition) is 2. The van der Waals surface area contributed by atoms with Crippen molar-refractivity contribution < 1.29 is 28.3 Å². The zero-order chi connectivity index (χ0) is 27.0. The summed E-state index contributed by atoms with van der Waals surface area (Å²) >= 11 is 0. The number of nitriles is 1. The Labute approximate surface area is 225 Å². The quantitative estimate of drug-likeness (QED) is 0.0962. The lowest BCUT2D eigenvalue weighted by Crippen LogP contribution is -2.25. The number of benzene rings is 1. The summed E-state index contributed by atoms with van der Waals surface area (Å²) in [5.74, 6) is 0. The molecule has 0 aromatic heterocycles. The Morgan fingerprint density at radius 2 is 1.27 bits per heavy atom. The third-order valence-electron chi connectivity index (χ3n) is 6.44. The Kier molecular flexibility index (Phi) is 20.7. The second-order valence-corrected chi connectivity index (χ2v) is 11.1. The van der Waals surface area contributed by atoms with Crippen LogP contribution in [0.15, 0.2) is 24.3 Å². The van der Waals surface area contributed by atoms with Crippen LogP contribution in [0.5, 0.6) is 0 Å². The van der Waals surface area contributed by atoms with Gasteiger partial charge in [0.15, 0.2) is 0 Å². The van der Waals surface area contributed by atoms with Crippen LogP contribution in [0, 0.1) is 11.3 Å². The molecule has 1 rings (SSSR count). The summed E-state index contributed by atoms with van der Waals surface area (Å²) < 4.78 is 27.1. The lowest BCUT2D eigenvalue weighted by molar-refractivity contribution is -0.0493. The molecule has 0 unspecified atom stereocenters. The Hall–Kier alpha value is -1.26. The second kappa shape index (κ2) is 22.7. The van der Waals surface area contributed by atoms with E-state index in [1.807, 2.05) is 0 Å². The summed E-state index contributed by atoms with van der Waals surface area (Å²) in [6.07, 6.45) is 20.5. The lowest BCUT2D eigenvalue weighted by Gasteiger charge is -2.18. The van der Waals surface area contributed by atoms with Gasteiger partial charge in [-0.25, -0.2) is 4.57 Å². The number of hydrogen-bond acceptors (Lipinski definition) is 5. The third kappa shape index (κ3) is 21.4. The van der Waals surface area contributed by atoms with Crippen LogP contribution in [0.25, 0.3) is 0 Å². The van der Waals surface area contributed by atoms with Crippen LogP contribution in [0.4, 0.5) is 0 Å². The smallest absolute Gasteiger partial charge is 0.379 e. The molecule has 2 N–H and O–H groups in total. The minimum Gasteiger partial charge on any atom is -0.379 e. The van der Waals surface area contributed by atoms with Gasteiger partial charge in [0.1, 0.15) is 6.10 Å². The molecule has 8 heteroatoms. The average Bonchev–Trinajstić information content (AvgIpc) is 2.88. The molecule has 0 amide bonds. The Balaban J connectivity index is 2.03. The summed E-state index contributed by atoms with van der Waals surface area (Å²) in [4.78, 5) is 18.0. The van der Waals surface area contributed by atoms with Gasteiger partial charge in [-0.15, -0.1) is 0 Å². The molecule has 1 aromatic carbocycles. The minimum atomic E-state index is -4.58. The monoisotopic (exact) mass is 539 g/mol. The van der Waals surface area contributed by atoms with E-state index in [0.29, 0.717) is 12.2 Å². The zero-order valence-electron chi connectivity index (χ0n) is 23.0. The highest BCUT2D eigenvalue weighted by Gasteiger charge is 2.19. The van der Waals surface area contributed by atoms with Gasteiger partial charge in [-0.05, 0) is 24.1 Å². The van der Waals surface area contributed by atoms with Crippen molar-refractivity contribution in [2.24, 2.45) is 0 Å². The zero-order valence-corrected chi connectivity index (χ0v) is 23.8. The molecule has 212 valence electrons. The van der Waals surface area contributed by atoms with E-state index in [9.17, 15) is 4.57 Å². The summed E-state index contributed by atoms with van der Waals surface area (Å²) in [6, 6.07) is 9.05. The van der Waals surface area contributed by atoms with Crippen molar-refractivity contribution in [2.75, 3.05) is 19.8 Å². The van der Waals surface area contributed by atoms with Gasteiger partial charge in [0, 0.05) is 6.61 Å². The van der Waals surface area contributed by atoms with Crippen molar-refractivity contribution >= 4 is 7.82 Å². The van der Waals surface area contributed by atoms with Crippen molar-refractivity contribution in [1.29, 1.82) is 5.26 Å². The number of phosphoric ester groups is 1. The van der Waals surface area contributed by atoms with E-state index in [1.165, 1.54) is 89.9 Å². The molecule has 0 bridgehead atoms. The van der Waals surface area contributed by atoms with Gasteiger partial charge in [-0.1, -0.05) is 115 Å². The summed E-state index contributed by atoms with van der Waals surface area (Å²) in [5.41, 5.74) is 1.42. The second-order valence-electron chi connectivity index (χ2n) is 9.91. The van der Waals surface area contributed by atoms with Gasteiger partial charge in [-0.3, -0.25) is 4.52 Å². The van der Waals surface area contributed by atoms with Gasteiger partial charge < -0.3 is 19.3 Å². The SMILES string of the molecule is CCCCCCCCCCCCCCCCCCOC[C@H](COP(=O)(O)O)OCc1ccc(C#N)cc1. The normalized spacial score (nSPS) is 12.5. The average molecular weight is 540 g/mol. The molecular formula is C29H50NO6P. The standard InChI is InChI=1S/C29H50NO6P/c1-2-3-4-5-6-7-8-9-10-11-12-13-14-15-16-17-22-34-25-29(26-36-37(31,32)33)35-24-28-20-18-27(23-30)19-21-28/h18-21,29H,2-17,22,24-26H2,1H3,(H2,31,32,33)/t29-/m1/s1. The van der Waals surface area contributed by atoms with E-state index in [0.717, 1.165) is 18.4 Å². The Morgan fingerprint density at radius 1 is 0.784 bits per heavy atom. The largest absolute Gasteiger partial charge is 0.469 e. The van der Waals surface area contributed by atoms with E-state index in [4.69, 9.17) is 24.5 Å². The summed E-state index contributed by atoms with van der Waals surface area (Å²) in [5, 5.41) is 8.88. The topological polar surface area (TPSA) is 109 Å². The first-order chi connectivity index (χ1) is 17.9. The molecular weight excluding hydrogens is 489 g/mol. The third-order valence-corrected chi connectivity index (χ3v) is 6.93. The van der Waals surface area contributed by atoms with Crippen LogP contribution in [-0.2, 0) is 25.2 Å². The fourth-order valence-corrected chi connectivity index (χ4v) is 4.54. The fraction of sp³-hybridized carbons (Fsp3) is 0.759. The predicted octanol–water partition coefficient (Wildman–Crippen LogP) is 7.83. The maximum atomic E-state index is 11.1. The van der Waals surface area contributed by atoms with Gasteiger partial charge >= 0.3 is 7.82 Å². The van der Waals surface area contributed by atoms with Gasteiger partial charge in [0.05, 0.1) is 31.5 Å². The molecule has 0 aliphatic carbocycles. The van der Waals surface area contributed by atoms with E-state index >= 15 is 0 Å². The molecule has 0 aliphatic heterocycles. The van der Waals surface area contributed by atoms with Gasteiger partial charge in [0.25, 0.3) is 0 Å². The van der Waals surface area contributed by atoms with Crippen LogP contribution in [0.3, 0.4) is 0 Å². The maximum Gasteiger partial charge on any atom is 0.469 e. The van der Waals surface area contributed by atoms with E-state index in [1.54, 1.807) is 24.3 Å². The van der Waals surface area contributed by atoms with Crippen molar-refractivity contribution in [3.05, 3.63) is 35.4 Å². The highest BCUT2D eigenvalue weighted by atomic mass is 31.2. The molecule has 0 heterocycles. The molecule has 7 nitrogen and oxygen atoms in total. The number of rotatable bonds is 25. The first-order valence-corrected chi connectivity index (χ1v) is 15.9. The summed E-state index contributed by atoms with van der Waals surface area (Å²) in [7, 11) is -4.58. The van der Waals surface area contributed by atoms with Crippen LogP contribution in [-0.4, -0.2) is 35.7 Å². The Morgan fingerprint density at radius 3 is 1.73 bits per heavy atom. The first-order valence-electron chi connectivity index (χ1n) is 14.3. The number of phosphoric acid groups is 1. The molecule has 37 heavy (non-hydrogen) atoms. The van der Waals surface area contributed by atoms with Gasteiger partial charge in [-0.2, -0.15) is 5.26 Å². The van der Waals surface area contributed by atoms with Crippen molar-refractivity contribution in [3.8, 4) is 6.07 Å². The van der Waals surface area contributed by atoms with Crippen LogP contribution in [0.1, 0.15) is 121 Å². The molecule has 1 aromatic rings. The van der Waals surface area contributed by atoms with Crippen LogP contribution in [0.2, 0.25) is 0 Å². The maximum absolute atomic E-state index is 11.1. The molecule has 0 saturated carbocycles. The number of ether oxygens (including phenoxy) is 2. The molecule has 0 radical (unpaired) electrons. The highest BCUT2D eigenvalue weighted by molar-refractivity contribution is 7.46. The first kappa shape index (κ1) is 33.8. The Bertz CT molecular complexity index is 746. The van der Waals surface area contributed by atoms with Crippen molar-refractivity contribution in [3.63, 3.8) is 0 Å². The van der Waals surface area contributed by atoms with Crippen LogP contribution < -0.4 is 0 Å². The van der Waals surface area contributed by atoms with E-state index < -0.39 is 13.9 Å². The van der Waals surface area contributed by atoms with Crippen molar-refractivity contribution in [2.45, 2.75) is 122 Å². The number of nitrogens with zero attached hydrogens (tertiary/aromatic N) is 1. The summed E-state index contributed by atoms with van der Waals surface area (Å²) in [6.45, 7) is 3.05. The predicted molar refractivity (Wildman–Crippen MR) is 148 cm³/mol. The number of unbranched alkanes of at least 4 members (excludes halogenated alkanes) is 15. The molecule has 0 saturated heterocycles. The highest BCUT2D eigenvalue weighted by Crippen LogP contribution is 2.35. The van der Waals surface area contributed by atoms with Gasteiger partial charge in [0.2, 0.25) is 0 Å². The molecule has 0 fully saturated rings. The van der Waals surface area contributed by atoms with Crippen molar-refractivity contribution in [1.82, 2.24) is 0 Å². The molecule has 0 spiro atoms. The molecule has 0 aliphatic rings. The molecule has 1 atom stereocenters. The fourth-order valence-electron chi connectivity index (χ4n) is 4.18. The minimum absolute atomic E-state index is 0.203. The van der Waals surface area contributed by atoms with E-state index in [2.05, 4.69) is 17.5 Å².